The van der Waals surface area contributed by atoms with Crippen LogP contribution in [0.15, 0.2) is 36.0 Å². The average molecular weight is 305 g/mol. The number of nitrogens with one attached hydrogen (secondary N) is 1. The van der Waals surface area contributed by atoms with Gasteiger partial charge in [-0.25, -0.2) is 0 Å². The molecule has 0 amide bonds. The lowest BCUT2D eigenvalue weighted by Gasteiger charge is -2.36. The maximum atomic E-state index is 9.60. The van der Waals surface area contributed by atoms with Gasteiger partial charge in [0.1, 0.15) is 0 Å². The summed E-state index contributed by atoms with van der Waals surface area (Å²) < 4.78 is 0. The Hall–Kier alpha value is -1.50. The number of anilines is 1. The lowest BCUT2D eigenvalue weighted by molar-refractivity contribution is 0.169. The molecule has 0 saturated heterocycles. The van der Waals surface area contributed by atoms with E-state index in [0.717, 1.165) is 18.7 Å². The summed E-state index contributed by atoms with van der Waals surface area (Å²) in [4.78, 5) is 7.44. The van der Waals surface area contributed by atoms with Crippen LogP contribution in [0.3, 0.4) is 0 Å². The van der Waals surface area contributed by atoms with Gasteiger partial charge >= 0.3 is 0 Å². The summed E-state index contributed by atoms with van der Waals surface area (Å²) in [6.07, 6.45) is 4.30. The van der Waals surface area contributed by atoms with Crippen molar-refractivity contribution in [1.29, 1.82) is 0 Å². The van der Waals surface area contributed by atoms with Gasteiger partial charge < -0.3 is 15.3 Å². The van der Waals surface area contributed by atoms with E-state index >= 15 is 0 Å². The molecular formula is C14H15N3OS2. The molecule has 1 atom stereocenters. The molecule has 0 bridgehead atoms. The zero-order valence-electron chi connectivity index (χ0n) is 10.8. The summed E-state index contributed by atoms with van der Waals surface area (Å²) in [5, 5.41) is 15.5. The lowest BCUT2D eigenvalue weighted by Crippen LogP contribution is -2.47. The molecule has 2 aromatic heterocycles. The third kappa shape index (κ3) is 2.67. The standard InChI is InChI=1S/C14H15N3OS2/c18-9-12-6-10-3-5-20-13(10)8-17(12)14(19)16-11-2-1-4-15-7-11/h1-5,7,12,18H,6,8-9H2,(H,16,19)/t12-/m0/s1. The smallest absolute Gasteiger partial charge is 0.174 e. The fourth-order valence-electron chi connectivity index (χ4n) is 2.37. The maximum absolute atomic E-state index is 9.60. The highest BCUT2D eigenvalue weighted by molar-refractivity contribution is 7.80. The van der Waals surface area contributed by atoms with Crippen molar-refractivity contribution in [2.45, 2.75) is 19.0 Å². The van der Waals surface area contributed by atoms with E-state index in [0.29, 0.717) is 5.11 Å². The molecule has 20 heavy (non-hydrogen) atoms. The minimum absolute atomic E-state index is 0.0359. The molecule has 0 fully saturated rings. The van der Waals surface area contributed by atoms with Gasteiger partial charge in [-0.05, 0) is 47.8 Å². The Balaban J connectivity index is 1.77. The monoisotopic (exact) mass is 305 g/mol. The second-order valence-corrected chi connectivity index (χ2v) is 6.10. The SMILES string of the molecule is OC[C@@H]1Cc2ccsc2CN1C(=S)Nc1cccnc1. The molecule has 2 aromatic rings. The van der Waals surface area contributed by atoms with E-state index in [4.69, 9.17) is 12.2 Å². The number of nitrogens with zero attached hydrogens (tertiary/aromatic N) is 2. The van der Waals surface area contributed by atoms with Crippen molar-refractivity contribution in [3.8, 4) is 0 Å². The fraction of sp³-hybridized carbons (Fsp3) is 0.286. The Bertz CT molecular complexity index is 599. The predicted octanol–water partition coefficient (Wildman–Crippen LogP) is 2.26. The van der Waals surface area contributed by atoms with Crippen LogP contribution >= 0.6 is 23.6 Å². The van der Waals surface area contributed by atoms with Crippen LogP contribution in [0.2, 0.25) is 0 Å². The Labute approximate surface area is 127 Å². The third-order valence-electron chi connectivity index (χ3n) is 3.43. The molecule has 3 heterocycles. The van der Waals surface area contributed by atoms with E-state index in [1.54, 1.807) is 23.7 Å². The van der Waals surface area contributed by atoms with Crippen molar-refractivity contribution < 1.29 is 5.11 Å². The first kappa shape index (κ1) is 13.5. The number of aliphatic hydroxyl groups excluding tert-OH is 1. The van der Waals surface area contributed by atoms with Gasteiger partial charge in [-0.15, -0.1) is 11.3 Å². The van der Waals surface area contributed by atoms with Gasteiger partial charge in [-0.1, -0.05) is 0 Å². The summed E-state index contributed by atoms with van der Waals surface area (Å²) in [7, 11) is 0. The molecule has 3 rings (SSSR count). The largest absolute Gasteiger partial charge is 0.394 e. The number of aliphatic hydroxyl groups is 1. The van der Waals surface area contributed by atoms with Crippen molar-refractivity contribution in [2.24, 2.45) is 0 Å². The highest BCUT2D eigenvalue weighted by Gasteiger charge is 2.28. The number of rotatable bonds is 2. The number of thiophene rings is 1. The third-order valence-corrected chi connectivity index (χ3v) is 4.72. The first-order valence-corrected chi connectivity index (χ1v) is 7.70. The minimum atomic E-state index is 0.0359. The van der Waals surface area contributed by atoms with Crippen molar-refractivity contribution in [2.75, 3.05) is 11.9 Å². The second kappa shape index (κ2) is 5.87. The van der Waals surface area contributed by atoms with Crippen molar-refractivity contribution in [3.63, 3.8) is 0 Å². The first-order chi connectivity index (χ1) is 9.78. The number of hydrogen-bond donors (Lipinski definition) is 2. The topological polar surface area (TPSA) is 48.4 Å². The molecule has 6 heteroatoms. The van der Waals surface area contributed by atoms with Gasteiger partial charge in [0, 0.05) is 11.1 Å². The van der Waals surface area contributed by atoms with E-state index in [9.17, 15) is 5.11 Å². The fourth-order valence-corrected chi connectivity index (χ4v) is 3.61. The van der Waals surface area contributed by atoms with Crippen LogP contribution in [0, 0.1) is 0 Å². The summed E-state index contributed by atoms with van der Waals surface area (Å²) in [6.45, 7) is 0.856. The molecular weight excluding hydrogens is 290 g/mol. The lowest BCUT2D eigenvalue weighted by atomic mass is 10.0. The quantitative estimate of drug-likeness (QED) is 0.834. The minimum Gasteiger partial charge on any atom is -0.394 e. The van der Waals surface area contributed by atoms with E-state index in [-0.39, 0.29) is 12.6 Å². The van der Waals surface area contributed by atoms with Crippen molar-refractivity contribution in [3.05, 3.63) is 46.4 Å². The van der Waals surface area contributed by atoms with E-state index in [2.05, 4.69) is 26.6 Å². The van der Waals surface area contributed by atoms with Crippen LogP contribution in [0.25, 0.3) is 0 Å². The van der Waals surface area contributed by atoms with Gasteiger partial charge in [-0.3, -0.25) is 4.98 Å². The van der Waals surface area contributed by atoms with E-state index < -0.39 is 0 Å². The second-order valence-electron chi connectivity index (χ2n) is 4.71. The van der Waals surface area contributed by atoms with Gasteiger partial charge in [0.25, 0.3) is 0 Å². The van der Waals surface area contributed by atoms with Gasteiger partial charge in [0.05, 0.1) is 31.1 Å². The van der Waals surface area contributed by atoms with E-state index in [1.807, 2.05) is 12.1 Å². The number of pyridine rings is 1. The van der Waals surface area contributed by atoms with Crippen LogP contribution in [0.4, 0.5) is 5.69 Å². The molecule has 1 aliphatic rings. The van der Waals surface area contributed by atoms with Crippen LogP contribution < -0.4 is 5.32 Å². The highest BCUT2D eigenvalue weighted by Crippen LogP contribution is 2.28. The average Bonchev–Trinajstić information content (AvgIpc) is 2.94. The molecule has 1 aliphatic heterocycles. The van der Waals surface area contributed by atoms with E-state index in [1.165, 1.54) is 10.4 Å². The zero-order valence-corrected chi connectivity index (χ0v) is 12.5. The summed E-state index contributed by atoms with van der Waals surface area (Å²) in [5.41, 5.74) is 2.20. The normalized spacial score (nSPS) is 17.6. The molecule has 0 unspecified atom stereocenters. The molecule has 0 saturated carbocycles. The van der Waals surface area contributed by atoms with Crippen LogP contribution in [-0.2, 0) is 13.0 Å². The predicted molar refractivity (Wildman–Crippen MR) is 84.9 cm³/mol. The highest BCUT2D eigenvalue weighted by atomic mass is 32.1. The van der Waals surface area contributed by atoms with Crippen molar-refractivity contribution in [1.82, 2.24) is 9.88 Å². The van der Waals surface area contributed by atoms with Crippen LogP contribution in [-0.4, -0.2) is 32.8 Å². The van der Waals surface area contributed by atoms with Crippen LogP contribution in [0.1, 0.15) is 10.4 Å². The molecule has 4 nitrogen and oxygen atoms in total. The first-order valence-electron chi connectivity index (χ1n) is 6.41. The van der Waals surface area contributed by atoms with Gasteiger partial charge in [-0.2, -0.15) is 0 Å². The Kier molecular flexibility index (Phi) is 3.95. The number of thiocarbonyl (C=S) groups is 1. The molecule has 0 spiro atoms. The molecule has 104 valence electrons. The summed E-state index contributed by atoms with van der Waals surface area (Å²) in [5.74, 6) is 0. The van der Waals surface area contributed by atoms with Gasteiger partial charge in [0.2, 0.25) is 0 Å². The molecule has 0 aromatic carbocycles. The number of hydrogen-bond acceptors (Lipinski definition) is 4. The summed E-state index contributed by atoms with van der Waals surface area (Å²) in [6, 6.07) is 5.96. The molecule has 0 radical (unpaired) electrons. The molecule has 0 aliphatic carbocycles. The summed E-state index contributed by atoms with van der Waals surface area (Å²) >= 11 is 7.23. The molecule has 2 N–H and O–H groups in total. The number of aromatic nitrogens is 1. The Morgan fingerprint density at radius 2 is 2.45 bits per heavy atom. The Morgan fingerprint density at radius 1 is 1.55 bits per heavy atom. The maximum Gasteiger partial charge on any atom is 0.174 e. The number of fused-ring (bicyclic) bond motifs is 1. The van der Waals surface area contributed by atoms with Gasteiger partial charge in [0.15, 0.2) is 5.11 Å². The van der Waals surface area contributed by atoms with Crippen LogP contribution in [0.5, 0.6) is 0 Å². The van der Waals surface area contributed by atoms with Crippen molar-refractivity contribution >= 4 is 34.4 Å². The Morgan fingerprint density at radius 3 is 3.20 bits per heavy atom. The zero-order chi connectivity index (χ0) is 13.9.